The van der Waals surface area contributed by atoms with Crippen molar-refractivity contribution >= 4 is 25.8 Å². The number of aromatic nitrogens is 2. The molecule has 0 saturated heterocycles. The van der Waals surface area contributed by atoms with Gasteiger partial charge >= 0.3 is 0 Å². The van der Waals surface area contributed by atoms with E-state index in [-0.39, 0.29) is 4.90 Å². The number of sulfone groups is 1. The molecule has 2 aromatic rings. The molecule has 102 valence electrons. The van der Waals surface area contributed by atoms with Gasteiger partial charge in [0.2, 0.25) is 0 Å². The fourth-order valence-corrected chi connectivity index (χ4v) is 2.58. The lowest BCUT2D eigenvalue weighted by Crippen LogP contribution is -2.03. The first-order valence-electron chi connectivity index (χ1n) is 5.51. The molecule has 1 heterocycles. The largest absolute Gasteiger partial charge is 0.389 e. The summed E-state index contributed by atoms with van der Waals surface area (Å²) in [6.07, 6.45) is 3.18. The van der Waals surface area contributed by atoms with Crippen LogP contribution in [0.4, 0.5) is 0 Å². The second kappa shape index (κ2) is 5.07. The number of hydrogen-bond acceptors (Lipinski definition) is 4. The highest BCUT2D eigenvalue weighted by Crippen LogP contribution is 2.25. The van der Waals surface area contributed by atoms with Crippen molar-refractivity contribution < 1.29 is 13.5 Å². The molecule has 5 nitrogen and oxygen atoms in total. The zero-order valence-corrected chi connectivity index (χ0v) is 12.8. The third-order valence-electron chi connectivity index (χ3n) is 2.68. The molecule has 1 aromatic carbocycles. The number of hydrogen-bond donors (Lipinski definition) is 1. The minimum atomic E-state index is -3.29. The Balaban J connectivity index is 2.58. The molecule has 2 rings (SSSR count). The van der Waals surface area contributed by atoms with Crippen LogP contribution in [0.25, 0.3) is 5.69 Å². The molecular formula is C12H13BrN2O3S. The van der Waals surface area contributed by atoms with Gasteiger partial charge in [0.1, 0.15) is 4.90 Å². The van der Waals surface area contributed by atoms with Crippen LogP contribution in [0, 0.1) is 0 Å². The molecule has 0 fully saturated rings. The molecule has 0 spiro atoms. The summed E-state index contributed by atoms with van der Waals surface area (Å²) in [5.41, 5.74) is 1.31. The van der Waals surface area contributed by atoms with Crippen LogP contribution in [0.3, 0.4) is 0 Å². The Morgan fingerprint density at radius 1 is 1.42 bits per heavy atom. The molecule has 1 atom stereocenters. The van der Waals surface area contributed by atoms with Crippen LogP contribution >= 0.6 is 15.9 Å². The van der Waals surface area contributed by atoms with Crippen molar-refractivity contribution in [1.29, 1.82) is 0 Å². The summed E-state index contributed by atoms with van der Waals surface area (Å²) in [6.45, 7) is 1.65. The first-order valence-corrected chi connectivity index (χ1v) is 8.20. The quantitative estimate of drug-likeness (QED) is 0.925. The molecule has 1 N–H and O–H groups in total. The molecule has 1 aromatic heterocycles. The minimum Gasteiger partial charge on any atom is -0.389 e. The van der Waals surface area contributed by atoms with Crippen LogP contribution < -0.4 is 0 Å². The van der Waals surface area contributed by atoms with E-state index in [0.29, 0.717) is 11.3 Å². The highest BCUT2D eigenvalue weighted by atomic mass is 79.9. The van der Waals surface area contributed by atoms with Gasteiger partial charge in [-0.1, -0.05) is 22.0 Å². The monoisotopic (exact) mass is 344 g/mol. The zero-order chi connectivity index (χ0) is 14.2. The Labute approximate surface area is 119 Å². The zero-order valence-electron chi connectivity index (χ0n) is 10.4. The van der Waals surface area contributed by atoms with Crippen LogP contribution in [0.1, 0.15) is 18.6 Å². The van der Waals surface area contributed by atoms with E-state index in [9.17, 15) is 13.5 Å². The molecule has 0 radical (unpaired) electrons. The predicted molar refractivity (Wildman–Crippen MR) is 75.0 cm³/mol. The van der Waals surface area contributed by atoms with Crippen molar-refractivity contribution in [3.63, 3.8) is 0 Å². The Hall–Kier alpha value is -1.18. The summed E-state index contributed by atoms with van der Waals surface area (Å²) in [5, 5.41) is 13.8. The normalized spacial score (nSPS) is 13.5. The fourth-order valence-electron chi connectivity index (χ4n) is 1.70. The summed E-state index contributed by atoms with van der Waals surface area (Å²) in [6, 6.07) is 5.36. The lowest BCUT2D eigenvalue weighted by Gasteiger charge is -2.12. The van der Waals surface area contributed by atoms with Crippen LogP contribution in [0.15, 0.2) is 40.0 Å². The number of aliphatic hydroxyl groups excluding tert-OH is 1. The van der Waals surface area contributed by atoms with Gasteiger partial charge in [-0.15, -0.1) is 0 Å². The Morgan fingerprint density at radius 3 is 2.63 bits per heavy atom. The van der Waals surface area contributed by atoms with Gasteiger partial charge in [0.05, 0.1) is 18.0 Å². The molecule has 1 unspecified atom stereocenters. The molecule has 0 aliphatic heterocycles. The first-order chi connectivity index (χ1) is 8.79. The summed E-state index contributed by atoms with van der Waals surface area (Å²) in [7, 11) is -3.29. The van der Waals surface area contributed by atoms with Crippen LogP contribution in [-0.4, -0.2) is 29.6 Å². The van der Waals surface area contributed by atoms with E-state index in [1.165, 1.54) is 17.1 Å². The van der Waals surface area contributed by atoms with Crippen molar-refractivity contribution in [2.24, 2.45) is 0 Å². The molecule has 7 heteroatoms. The van der Waals surface area contributed by atoms with Gasteiger partial charge in [0, 0.05) is 22.5 Å². The van der Waals surface area contributed by atoms with E-state index in [1.807, 2.05) is 6.07 Å². The minimum absolute atomic E-state index is 0.143. The van der Waals surface area contributed by atoms with Crippen molar-refractivity contribution in [2.75, 3.05) is 6.26 Å². The fraction of sp³-hybridized carbons (Fsp3) is 0.250. The SMILES string of the molecule is CC(O)c1ccc(Br)cc1-n1cc(S(C)(=O)=O)cn1. The Kier molecular flexibility index (Phi) is 3.80. The maximum Gasteiger partial charge on any atom is 0.178 e. The van der Waals surface area contributed by atoms with Gasteiger partial charge in [-0.3, -0.25) is 0 Å². The smallest absolute Gasteiger partial charge is 0.178 e. The molecule has 0 aliphatic carbocycles. The first kappa shape index (κ1) is 14.2. The molecule has 0 amide bonds. The van der Waals surface area contributed by atoms with Gasteiger partial charge in [-0.2, -0.15) is 5.10 Å². The summed E-state index contributed by atoms with van der Waals surface area (Å²) in [5.74, 6) is 0. The topological polar surface area (TPSA) is 72.2 Å². The molecule has 0 aliphatic rings. The second-order valence-corrected chi connectivity index (χ2v) is 7.20. The highest BCUT2D eigenvalue weighted by Gasteiger charge is 2.14. The predicted octanol–water partition coefficient (Wildman–Crippen LogP) is 2.09. The molecule has 0 saturated carbocycles. The Bertz CT molecular complexity index is 708. The lowest BCUT2D eigenvalue weighted by molar-refractivity contribution is 0.199. The summed E-state index contributed by atoms with van der Waals surface area (Å²) < 4.78 is 25.2. The molecule has 0 bridgehead atoms. The number of benzene rings is 1. The third-order valence-corrected chi connectivity index (χ3v) is 4.24. The highest BCUT2D eigenvalue weighted by molar-refractivity contribution is 9.10. The Morgan fingerprint density at radius 2 is 2.11 bits per heavy atom. The van der Waals surface area contributed by atoms with Crippen molar-refractivity contribution in [3.05, 3.63) is 40.6 Å². The van der Waals surface area contributed by atoms with Gasteiger partial charge in [0.15, 0.2) is 9.84 Å². The average Bonchev–Trinajstić information content (AvgIpc) is 2.77. The van der Waals surface area contributed by atoms with Crippen molar-refractivity contribution in [1.82, 2.24) is 9.78 Å². The van der Waals surface area contributed by atoms with E-state index < -0.39 is 15.9 Å². The van der Waals surface area contributed by atoms with E-state index >= 15 is 0 Å². The lowest BCUT2D eigenvalue weighted by atomic mass is 10.1. The summed E-state index contributed by atoms with van der Waals surface area (Å²) >= 11 is 3.35. The second-order valence-electron chi connectivity index (χ2n) is 4.27. The maximum absolute atomic E-state index is 11.5. The van der Waals surface area contributed by atoms with Gasteiger partial charge in [-0.05, 0) is 19.1 Å². The standard InChI is InChI=1S/C12H13BrN2O3S/c1-8(16)11-4-3-9(13)5-12(11)15-7-10(6-14-15)19(2,17)18/h3-8,16H,1-2H3. The van der Waals surface area contributed by atoms with E-state index in [4.69, 9.17) is 0 Å². The van der Waals surface area contributed by atoms with E-state index in [0.717, 1.165) is 10.7 Å². The van der Waals surface area contributed by atoms with Gasteiger partial charge < -0.3 is 5.11 Å². The van der Waals surface area contributed by atoms with Gasteiger partial charge in [0.25, 0.3) is 0 Å². The molecular weight excluding hydrogens is 332 g/mol. The van der Waals surface area contributed by atoms with Crippen LogP contribution in [-0.2, 0) is 9.84 Å². The third kappa shape index (κ3) is 3.05. The number of aliphatic hydroxyl groups is 1. The average molecular weight is 345 g/mol. The molecule has 19 heavy (non-hydrogen) atoms. The summed E-state index contributed by atoms with van der Waals surface area (Å²) in [4.78, 5) is 0.143. The van der Waals surface area contributed by atoms with Crippen molar-refractivity contribution in [2.45, 2.75) is 17.9 Å². The number of halogens is 1. The number of nitrogens with zero attached hydrogens (tertiary/aromatic N) is 2. The maximum atomic E-state index is 11.5. The van der Waals surface area contributed by atoms with Gasteiger partial charge in [-0.25, -0.2) is 13.1 Å². The van der Waals surface area contributed by atoms with Crippen molar-refractivity contribution in [3.8, 4) is 5.69 Å². The van der Waals surface area contributed by atoms with Crippen LogP contribution in [0.2, 0.25) is 0 Å². The van der Waals surface area contributed by atoms with E-state index in [2.05, 4.69) is 21.0 Å². The van der Waals surface area contributed by atoms with Crippen LogP contribution in [0.5, 0.6) is 0 Å². The van der Waals surface area contributed by atoms with E-state index in [1.54, 1.807) is 19.1 Å². The number of rotatable bonds is 3.